The van der Waals surface area contributed by atoms with Gasteiger partial charge in [-0.05, 0) is 61.4 Å². The van der Waals surface area contributed by atoms with Crippen LogP contribution in [0, 0.1) is 23.3 Å². The average Bonchev–Trinajstić information content (AvgIpc) is 2.96. The number of benzene rings is 3. The second-order valence-corrected chi connectivity index (χ2v) is 9.71. The van der Waals surface area contributed by atoms with Gasteiger partial charge in [-0.1, -0.05) is 49.8 Å². The van der Waals surface area contributed by atoms with Gasteiger partial charge in [0.05, 0.1) is 25.9 Å². The topological polar surface area (TPSA) is 27.7 Å². The molecule has 0 radical (unpaired) electrons. The van der Waals surface area contributed by atoms with E-state index in [4.69, 9.17) is 14.2 Å². The first-order chi connectivity index (χ1) is 18.9. The van der Waals surface area contributed by atoms with E-state index in [1.165, 1.54) is 18.2 Å². The van der Waals surface area contributed by atoms with E-state index in [-0.39, 0.29) is 35.7 Å². The quantitative estimate of drug-likeness (QED) is 0.130. The average molecular weight is 543 g/mol. The van der Waals surface area contributed by atoms with Gasteiger partial charge in [-0.15, -0.1) is 6.58 Å². The summed E-state index contributed by atoms with van der Waals surface area (Å²) in [6, 6.07) is 12.9. The summed E-state index contributed by atoms with van der Waals surface area (Å²) in [5, 5.41) is 0. The van der Waals surface area contributed by atoms with Gasteiger partial charge in [-0.3, -0.25) is 0 Å². The monoisotopic (exact) mass is 542 g/mol. The zero-order valence-corrected chi connectivity index (χ0v) is 22.2. The molecule has 0 amide bonds. The lowest BCUT2D eigenvalue weighted by Crippen LogP contribution is -2.21. The molecule has 0 spiro atoms. The predicted octanol–water partition coefficient (Wildman–Crippen LogP) is 9.07. The summed E-state index contributed by atoms with van der Waals surface area (Å²) in [5.41, 5.74) is 0.989. The van der Waals surface area contributed by atoms with Crippen molar-refractivity contribution >= 4 is 0 Å². The smallest absolute Gasteiger partial charge is 0.200 e. The number of unbranched alkanes of at least 4 members (excludes halogenated alkanes) is 2. The highest BCUT2D eigenvalue weighted by Crippen LogP contribution is 2.40. The van der Waals surface area contributed by atoms with Crippen LogP contribution in [-0.4, -0.2) is 19.8 Å². The lowest BCUT2D eigenvalue weighted by molar-refractivity contribution is -0.000660. The van der Waals surface area contributed by atoms with Gasteiger partial charge in [0.2, 0.25) is 5.82 Å². The number of halogens is 4. The normalized spacial score (nSPS) is 17.2. The summed E-state index contributed by atoms with van der Waals surface area (Å²) in [6.07, 6.45) is 5.16. The summed E-state index contributed by atoms with van der Waals surface area (Å²) >= 11 is 0. The molecule has 3 aromatic rings. The molecule has 1 saturated heterocycles. The molecule has 2 atom stereocenters. The minimum absolute atomic E-state index is 0.0584. The Labute approximate surface area is 227 Å². The third kappa shape index (κ3) is 6.82. The fourth-order valence-corrected chi connectivity index (χ4v) is 4.73. The zero-order chi connectivity index (χ0) is 27.8. The SMILES string of the molecule is C=CCCCOc1ccc(C2CCC(c3ccc(-c4ccc(OCCCC)cc4)c(F)c3F)OC2)c(F)c1F. The Kier molecular flexibility index (Phi) is 10.0. The van der Waals surface area contributed by atoms with E-state index in [0.29, 0.717) is 37.2 Å². The van der Waals surface area contributed by atoms with Crippen molar-refractivity contribution in [2.75, 3.05) is 19.8 Å². The highest BCUT2D eigenvalue weighted by atomic mass is 19.2. The molecule has 1 fully saturated rings. The molecule has 3 aromatic carbocycles. The van der Waals surface area contributed by atoms with Gasteiger partial charge in [0, 0.05) is 17.0 Å². The molecule has 3 nitrogen and oxygen atoms in total. The molecule has 1 aliphatic heterocycles. The van der Waals surface area contributed by atoms with Crippen LogP contribution in [0.1, 0.15) is 68.6 Å². The Morgan fingerprint density at radius 2 is 1.54 bits per heavy atom. The summed E-state index contributed by atoms with van der Waals surface area (Å²) in [6.45, 7) is 6.62. The number of hydrogen-bond donors (Lipinski definition) is 0. The van der Waals surface area contributed by atoms with Crippen LogP contribution < -0.4 is 9.47 Å². The van der Waals surface area contributed by atoms with Gasteiger partial charge >= 0.3 is 0 Å². The minimum atomic E-state index is -1.03. The first-order valence-corrected chi connectivity index (χ1v) is 13.5. The fraction of sp³-hybridized carbons (Fsp3) is 0.375. The molecule has 2 unspecified atom stereocenters. The van der Waals surface area contributed by atoms with Crippen molar-refractivity contribution in [3.8, 4) is 22.6 Å². The first kappa shape index (κ1) is 28.7. The maximum Gasteiger partial charge on any atom is 0.200 e. The maximum absolute atomic E-state index is 15.1. The largest absolute Gasteiger partial charge is 0.494 e. The number of hydrogen-bond acceptors (Lipinski definition) is 3. The Morgan fingerprint density at radius 3 is 2.23 bits per heavy atom. The lowest BCUT2D eigenvalue weighted by Gasteiger charge is -2.30. The van der Waals surface area contributed by atoms with Gasteiger partial charge in [-0.25, -0.2) is 13.2 Å². The molecule has 7 heteroatoms. The van der Waals surface area contributed by atoms with Gasteiger partial charge in [-0.2, -0.15) is 4.39 Å². The molecule has 1 aliphatic rings. The molecule has 0 saturated carbocycles. The molecule has 0 bridgehead atoms. The van der Waals surface area contributed by atoms with Gasteiger partial charge in [0.15, 0.2) is 23.2 Å². The Bertz CT molecular complexity index is 1250. The summed E-state index contributed by atoms with van der Waals surface area (Å²) in [4.78, 5) is 0. The van der Waals surface area contributed by atoms with E-state index in [1.54, 1.807) is 36.4 Å². The van der Waals surface area contributed by atoms with Crippen LogP contribution in [0.4, 0.5) is 17.6 Å². The lowest BCUT2D eigenvalue weighted by atomic mass is 9.88. The Morgan fingerprint density at radius 1 is 0.821 bits per heavy atom. The second-order valence-electron chi connectivity index (χ2n) is 9.71. The molecule has 39 heavy (non-hydrogen) atoms. The van der Waals surface area contributed by atoms with Crippen molar-refractivity contribution in [2.24, 2.45) is 0 Å². The first-order valence-electron chi connectivity index (χ1n) is 13.5. The summed E-state index contributed by atoms with van der Waals surface area (Å²) in [5.74, 6) is -3.77. The van der Waals surface area contributed by atoms with E-state index >= 15 is 8.78 Å². The van der Waals surface area contributed by atoms with Crippen LogP contribution in [0.3, 0.4) is 0 Å². The molecule has 4 rings (SSSR count). The van der Waals surface area contributed by atoms with E-state index in [9.17, 15) is 8.78 Å². The van der Waals surface area contributed by atoms with E-state index in [1.807, 2.05) is 0 Å². The summed E-state index contributed by atoms with van der Waals surface area (Å²) in [7, 11) is 0. The number of allylic oxidation sites excluding steroid dienone is 1. The highest BCUT2D eigenvalue weighted by molar-refractivity contribution is 5.65. The van der Waals surface area contributed by atoms with Crippen molar-refractivity contribution in [3.63, 3.8) is 0 Å². The third-order valence-electron chi connectivity index (χ3n) is 6.99. The van der Waals surface area contributed by atoms with Crippen molar-refractivity contribution in [2.45, 2.75) is 57.5 Å². The van der Waals surface area contributed by atoms with Crippen LogP contribution in [0.5, 0.6) is 11.5 Å². The standard InChI is InChI=1S/C32H34F4O3/c1-3-5-7-19-38-28-17-15-25(30(34)32(28)36)22-10-16-27(39-20-22)26-14-13-24(29(33)31(26)35)21-8-11-23(12-9-21)37-18-6-4-2/h3,8-9,11-15,17,22,27H,1,4-7,10,16,18-20H2,2H3. The highest BCUT2D eigenvalue weighted by Gasteiger charge is 2.30. The van der Waals surface area contributed by atoms with Crippen molar-refractivity contribution < 1.29 is 31.8 Å². The number of rotatable bonds is 12. The van der Waals surface area contributed by atoms with Gasteiger partial charge in [0.1, 0.15) is 5.75 Å². The van der Waals surface area contributed by atoms with Crippen LogP contribution in [-0.2, 0) is 4.74 Å². The van der Waals surface area contributed by atoms with E-state index in [2.05, 4.69) is 13.5 Å². The molecule has 208 valence electrons. The van der Waals surface area contributed by atoms with Crippen LogP contribution in [0.15, 0.2) is 61.2 Å². The third-order valence-corrected chi connectivity index (χ3v) is 6.99. The molecule has 0 aromatic heterocycles. The van der Waals surface area contributed by atoms with Crippen LogP contribution in [0.25, 0.3) is 11.1 Å². The summed E-state index contributed by atoms with van der Waals surface area (Å²) < 4.78 is 76.5. The van der Waals surface area contributed by atoms with Gasteiger partial charge < -0.3 is 14.2 Å². The number of ether oxygens (including phenoxy) is 3. The van der Waals surface area contributed by atoms with Crippen LogP contribution in [0.2, 0.25) is 0 Å². The predicted molar refractivity (Wildman–Crippen MR) is 144 cm³/mol. The van der Waals surface area contributed by atoms with Crippen molar-refractivity contribution in [1.29, 1.82) is 0 Å². The zero-order valence-electron chi connectivity index (χ0n) is 22.2. The Hall–Kier alpha value is -3.32. The molecule has 1 heterocycles. The van der Waals surface area contributed by atoms with Crippen molar-refractivity contribution in [1.82, 2.24) is 0 Å². The van der Waals surface area contributed by atoms with E-state index < -0.39 is 35.3 Å². The Balaban J connectivity index is 1.40. The van der Waals surface area contributed by atoms with Crippen LogP contribution >= 0.6 is 0 Å². The maximum atomic E-state index is 15.1. The van der Waals surface area contributed by atoms with Gasteiger partial charge in [0.25, 0.3) is 0 Å². The molecular weight excluding hydrogens is 508 g/mol. The minimum Gasteiger partial charge on any atom is -0.494 e. The second kappa shape index (κ2) is 13.7. The molecule has 0 aliphatic carbocycles. The fourth-order valence-electron chi connectivity index (χ4n) is 4.73. The molecular formula is C32H34F4O3. The van der Waals surface area contributed by atoms with Crippen molar-refractivity contribution in [3.05, 3.63) is 95.6 Å². The molecule has 0 N–H and O–H groups in total. The van der Waals surface area contributed by atoms with E-state index in [0.717, 1.165) is 19.3 Å².